The number of ether oxygens (including phenoxy) is 3. The molecule has 1 aromatic heterocycles. The van der Waals surface area contributed by atoms with E-state index in [0.717, 1.165) is 11.8 Å². The van der Waals surface area contributed by atoms with Crippen LogP contribution in [-0.2, 0) is 4.79 Å². The van der Waals surface area contributed by atoms with E-state index in [1.54, 1.807) is 24.3 Å². The van der Waals surface area contributed by atoms with Crippen LogP contribution < -0.4 is 19.5 Å². The highest BCUT2D eigenvalue weighted by Crippen LogP contribution is 2.36. The number of rotatable bonds is 5. The number of ketones is 1. The van der Waals surface area contributed by atoms with Crippen LogP contribution in [0.1, 0.15) is 22.4 Å². The summed E-state index contributed by atoms with van der Waals surface area (Å²) >= 11 is 1.13. The smallest absolute Gasteiger partial charge is 0.277 e. The number of aromatic nitrogens is 2. The summed E-state index contributed by atoms with van der Waals surface area (Å²) in [7, 11) is 0. The average Bonchev–Trinajstić information content (AvgIpc) is 3.25. The van der Waals surface area contributed by atoms with Gasteiger partial charge in [0.2, 0.25) is 6.10 Å². The average molecular weight is 425 g/mol. The van der Waals surface area contributed by atoms with Crippen molar-refractivity contribution in [3.63, 3.8) is 0 Å². The van der Waals surface area contributed by atoms with Crippen LogP contribution in [0.5, 0.6) is 17.2 Å². The third-order valence-corrected chi connectivity index (χ3v) is 5.29. The number of hydrogen-bond acceptors (Lipinski definition) is 9. The molecule has 0 aliphatic carbocycles. The summed E-state index contributed by atoms with van der Waals surface area (Å²) < 4.78 is 22.4. The van der Waals surface area contributed by atoms with Crippen LogP contribution in [0.25, 0.3) is 0 Å². The second kappa shape index (κ2) is 7.71. The van der Waals surface area contributed by atoms with Crippen LogP contribution in [-0.4, -0.2) is 40.9 Å². The van der Waals surface area contributed by atoms with Crippen LogP contribution in [0.4, 0.5) is 5.69 Å². The van der Waals surface area contributed by atoms with E-state index >= 15 is 0 Å². The maximum absolute atomic E-state index is 12.5. The Morgan fingerprint density at radius 1 is 1.10 bits per heavy atom. The summed E-state index contributed by atoms with van der Waals surface area (Å²) in [6.07, 6.45) is -0.512. The Hall–Kier alpha value is -3.53. The normalized spacial score (nSPS) is 16.9. The minimum atomic E-state index is -0.512. The monoisotopic (exact) mass is 425 g/mol. The van der Waals surface area contributed by atoms with E-state index in [2.05, 4.69) is 15.5 Å². The van der Waals surface area contributed by atoms with Gasteiger partial charge in [0.15, 0.2) is 23.9 Å². The van der Waals surface area contributed by atoms with Gasteiger partial charge < -0.3 is 23.9 Å². The van der Waals surface area contributed by atoms with Gasteiger partial charge >= 0.3 is 0 Å². The molecule has 2 aromatic carbocycles. The molecular weight excluding hydrogens is 410 g/mol. The highest BCUT2D eigenvalue weighted by molar-refractivity contribution is 7.99. The molecule has 0 saturated heterocycles. The Morgan fingerprint density at radius 2 is 1.97 bits per heavy atom. The Balaban J connectivity index is 1.22. The number of thioether (sulfide) groups is 1. The molecule has 152 valence electrons. The van der Waals surface area contributed by atoms with Gasteiger partial charge in [-0.25, -0.2) is 0 Å². The molecule has 0 spiro atoms. The number of carbonyl (C=O) groups is 2. The fraction of sp³-hybridized carbons (Fsp3) is 0.200. The first-order valence-corrected chi connectivity index (χ1v) is 10.1. The second-order valence-corrected chi connectivity index (χ2v) is 7.46. The fourth-order valence-electron chi connectivity index (χ4n) is 3.02. The number of nitrogens with zero attached hydrogens (tertiary/aromatic N) is 2. The summed E-state index contributed by atoms with van der Waals surface area (Å²) in [5, 5.41) is 10.9. The second-order valence-electron chi connectivity index (χ2n) is 6.53. The van der Waals surface area contributed by atoms with E-state index in [4.69, 9.17) is 18.6 Å². The standard InChI is InChI=1S/C20H15N3O6S/c24-13(11-5-6-14-12(7-11)21-18(25)9-27-14)10-30-20-23-22-19(29-20)17-8-26-15-3-1-2-4-16(15)28-17/h1-7,17H,8-10H2,(H,21,25)/t17-/m0/s1. The van der Waals surface area contributed by atoms with Crippen molar-refractivity contribution in [3.05, 3.63) is 53.9 Å². The molecule has 2 aliphatic heterocycles. The zero-order valence-corrected chi connectivity index (χ0v) is 16.3. The lowest BCUT2D eigenvalue weighted by Crippen LogP contribution is -2.25. The highest BCUT2D eigenvalue weighted by atomic mass is 32.2. The Kier molecular flexibility index (Phi) is 4.75. The number of hydrogen-bond donors (Lipinski definition) is 1. The van der Waals surface area contributed by atoms with Crippen LogP contribution in [0.2, 0.25) is 0 Å². The lowest BCUT2D eigenvalue weighted by Gasteiger charge is -2.23. The van der Waals surface area contributed by atoms with Gasteiger partial charge in [-0.2, -0.15) is 0 Å². The summed E-state index contributed by atoms with van der Waals surface area (Å²) in [6.45, 7) is 0.224. The number of benzene rings is 2. The zero-order valence-electron chi connectivity index (χ0n) is 15.5. The van der Waals surface area contributed by atoms with Gasteiger partial charge in [-0.1, -0.05) is 23.9 Å². The topological polar surface area (TPSA) is 113 Å². The van der Waals surface area contributed by atoms with Gasteiger partial charge in [-0.3, -0.25) is 9.59 Å². The van der Waals surface area contributed by atoms with Crippen molar-refractivity contribution in [3.8, 4) is 17.2 Å². The molecule has 1 atom stereocenters. The number of anilines is 1. The van der Waals surface area contributed by atoms with Crippen molar-refractivity contribution in [1.29, 1.82) is 0 Å². The Bertz CT molecular complexity index is 1130. The van der Waals surface area contributed by atoms with E-state index in [-0.39, 0.29) is 41.8 Å². The predicted octanol–water partition coefficient (Wildman–Crippen LogP) is 2.89. The first kappa shape index (κ1) is 18.5. The van der Waals surface area contributed by atoms with Crippen molar-refractivity contribution in [1.82, 2.24) is 10.2 Å². The zero-order chi connectivity index (χ0) is 20.5. The molecule has 0 fully saturated rings. The molecule has 0 unspecified atom stereocenters. The minimum Gasteiger partial charge on any atom is -0.485 e. The van der Waals surface area contributed by atoms with Crippen molar-refractivity contribution >= 4 is 29.1 Å². The molecule has 3 aromatic rings. The number of carbonyl (C=O) groups excluding carboxylic acids is 2. The van der Waals surface area contributed by atoms with Crippen LogP contribution >= 0.6 is 11.8 Å². The SMILES string of the molecule is O=C1COc2ccc(C(=O)CSc3nnc([C@@H]4COc5ccccc5O4)o3)cc2N1. The molecule has 2 aliphatic rings. The molecule has 1 N–H and O–H groups in total. The predicted molar refractivity (Wildman–Crippen MR) is 105 cm³/mol. The van der Waals surface area contributed by atoms with Gasteiger partial charge in [0.05, 0.1) is 11.4 Å². The highest BCUT2D eigenvalue weighted by Gasteiger charge is 2.27. The van der Waals surface area contributed by atoms with Crippen molar-refractivity contribution in [2.45, 2.75) is 11.3 Å². The third kappa shape index (κ3) is 3.69. The van der Waals surface area contributed by atoms with E-state index in [9.17, 15) is 9.59 Å². The minimum absolute atomic E-state index is 0.0308. The molecule has 30 heavy (non-hydrogen) atoms. The molecular formula is C20H15N3O6S. The maximum atomic E-state index is 12.5. The van der Waals surface area contributed by atoms with E-state index in [1.165, 1.54) is 0 Å². The van der Waals surface area contributed by atoms with Crippen LogP contribution in [0.3, 0.4) is 0 Å². The van der Waals surface area contributed by atoms with Crippen molar-refractivity contribution in [2.75, 3.05) is 24.3 Å². The largest absolute Gasteiger partial charge is 0.485 e. The van der Waals surface area contributed by atoms with Gasteiger partial charge in [0.1, 0.15) is 12.4 Å². The molecule has 10 heteroatoms. The Morgan fingerprint density at radius 3 is 2.87 bits per heavy atom. The van der Waals surface area contributed by atoms with Crippen LogP contribution in [0.15, 0.2) is 52.1 Å². The summed E-state index contributed by atoms with van der Waals surface area (Å²) in [4.78, 5) is 24.0. The van der Waals surface area contributed by atoms with Crippen molar-refractivity contribution < 1.29 is 28.2 Å². The lowest BCUT2D eigenvalue weighted by atomic mass is 10.1. The lowest BCUT2D eigenvalue weighted by molar-refractivity contribution is -0.118. The molecule has 5 rings (SSSR count). The van der Waals surface area contributed by atoms with Gasteiger partial charge in [-0.15, -0.1) is 10.2 Å². The summed E-state index contributed by atoms with van der Waals surface area (Å²) in [5.74, 6) is 1.80. The molecule has 0 bridgehead atoms. The number of Topliss-reactive ketones (excluding diaryl/α,β-unsaturated/α-hetero) is 1. The number of nitrogens with one attached hydrogen (secondary N) is 1. The molecule has 0 saturated carbocycles. The number of amides is 1. The van der Waals surface area contributed by atoms with Gasteiger partial charge in [0.25, 0.3) is 17.0 Å². The third-order valence-electron chi connectivity index (χ3n) is 4.47. The quantitative estimate of drug-likeness (QED) is 0.487. The van der Waals surface area contributed by atoms with E-state index in [0.29, 0.717) is 28.5 Å². The van der Waals surface area contributed by atoms with E-state index in [1.807, 2.05) is 18.2 Å². The number of para-hydroxylation sites is 2. The molecule has 9 nitrogen and oxygen atoms in total. The maximum Gasteiger partial charge on any atom is 0.277 e. The molecule has 0 radical (unpaired) electrons. The van der Waals surface area contributed by atoms with Gasteiger partial charge in [0, 0.05) is 5.56 Å². The molecule has 1 amide bonds. The van der Waals surface area contributed by atoms with Crippen LogP contribution in [0, 0.1) is 0 Å². The van der Waals surface area contributed by atoms with Gasteiger partial charge in [-0.05, 0) is 30.3 Å². The first-order chi connectivity index (χ1) is 14.7. The fourth-order valence-corrected chi connectivity index (χ4v) is 3.68. The summed E-state index contributed by atoms with van der Waals surface area (Å²) in [6, 6.07) is 12.3. The van der Waals surface area contributed by atoms with Crippen molar-refractivity contribution in [2.24, 2.45) is 0 Å². The molecule has 3 heterocycles. The Labute approximate surface area is 174 Å². The first-order valence-electron chi connectivity index (χ1n) is 9.10. The summed E-state index contributed by atoms with van der Waals surface area (Å²) in [5.41, 5.74) is 0.935. The number of fused-ring (bicyclic) bond motifs is 2. The van der Waals surface area contributed by atoms with E-state index < -0.39 is 6.10 Å².